The van der Waals surface area contributed by atoms with Gasteiger partial charge in [-0.2, -0.15) is 0 Å². The maximum atomic E-state index is 14.8. The summed E-state index contributed by atoms with van der Waals surface area (Å²) < 4.78 is 14.8. The van der Waals surface area contributed by atoms with Gasteiger partial charge in [-0.15, -0.1) is 0 Å². The van der Waals surface area contributed by atoms with Gasteiger partial charge in [0, 0.05) is 60.3 Å². The molecular formula is C30H28ClFN6O. The lowest BCUT2D eigenvalue weighted by Crippen LogP contribution is -2.52. The van der Waals surface area contributed by atoms with Crippen LogP contribution in [0.15, 0.2) is 72.9 Å². The molecule has 1 saturated heterocycles. The molecule has 3 heterocycles. The molecule has 7 nitrogen and oxygen atoms in total. The molecule has 2 N–H and O–H groups in total. The molecule has 0 bridgehead atoms. The van der Waals surface area contributed by atoms with E-state index in [9.17, 15) is 9.18 Å². The molecule has 1 unspecified atom stereocenters. The summed E-state index contributed by atoms with van der Waals surface area (Å²) >= 11 is 6.39. The topological polar surface area (TPSA) is 73.4 Å². The fraction of sp³-hybridized carbons (Fsp3) is 0.233. The molecule has 2 aliphatic rings. The summed E-state index contributed by atoms with van der Waals surface area (Å²) in [5.41, 5.74) is 5.30. The van der Waals surface area contributed by atoms with Gasteiger partial charge in [0.1, 0.15) is 5.82 Å². The number of halogens is 2. The Kier molecular flexibility index (Phi) is 6.89. The predicted octanol–water partition coefficient (Wildman–Crippen LogP) is 5.81. The number of benzene rings is 3. The molecule has 2 aliphatic heterocycles. The molecule has 39 heavy (non-hydrogen) atoms. The summed E-state index contributed by atoms with van der Waals surface area (Å²) in [6, 6.07) is 19.9. The van der Waals surface area contributed by atoms with Crippen molar-refractivity contribution in [2.45, 2.75) is 19.4 Å². The minimum Gasteiger partial charge on any atom is -0.338 e. The first kappa shape index (κ1) is 25.3. The SMILES string of the molecule is CC1CNCCN1C(=O)c1ccc(Nc2ncc3c(n2)-c2ccc(Cl)cc2N(c2ccccc2F)CC3)cc1. The number of piperazine rings is 1. The third-order valence-corrected chi connectivity index (χ3v) is 7.50. The highest BCUT2D eigenvalue weighted by molar-refractivity contribution is 6.31. The van der Waals surface area contributed by atoms with Crippen LogP contribution in [0.5, 0.6) is 0 Å². The van der Waals surface area contributed by atoms with Gasteiger partial charge in [-0.1, -0.05) is 23.7 Å². The highest BCUT2D eigenvalue weighted by atomic mass is 35.5. The van der Waals surface area contributed by atoms with E-state index in [1.165, 1.54) is 6.07 Å². The van der Waals surface area contributed by atoms with Gasteiger partial charge in [0.25, 0.3) is 5.91 Å². The molecule has 4 aromatic rings. The van der Waals surface area contributed by atoms with Crippen LogP contribution in [0.25, 0.3) is 11.3 Å². The molecule has 0 radical (unpaired) electrons. The molecule has 0 saturated carbocycles. The second kappa shape index (κ2) is 10.6. The zero-order valence-electron chi connectivity index (χ0n) is 21.5. The highest BCUT2D eigenvalue weighted by Crippen LogP contribution is 2.41. The van der Waals surface area contributed by atoms with Crippen molar-refractivity contribution in [1.29, 1.82) is 0 Å². The van der Waals surface area contributed by atoms with Crippen LogP contribution in [-0.2, 0) is 6.42 Å². The van der Waals surface area contributed by atoms with Crippen LogP contribution in [0, 0.1) is 5.82 Å². The monoisotopic (exact) mass is 542 g/mol. The Hall–Kier alpha value is -4.01. The van der Waals surface area contributed by atoms with Gasteiger partial charge in [0.15, 0.2) is 0 Å². The number of fused-ring (bicyclic) bond motifs is 3. The van der Waals surface area contributed by atoms with E-state index >= 15 is 0 Å². The Morgan fingerprint density at radius 3 is 2.69 bits per heavy atom. The minimum atomic E-state index is -0.295. The first-order valence-corrected chi connectivity index (χ1v) is 13.4. The average molecular weight is 543 g/mol. The van der Waals surface area contributed by atoms with Gasteiger partial charge in [-0.3, -0.25) is 4.79 Å². The zero-order valence-corrected chi connectivity index (χ0v) is 22.3. The Balaban J connectivity index is 1.28. The van der Waals surface area contributed by atoms with Crippen LogP contribution in [0.1, 0.15) is 22.8 Å². The number of hydrogen-bond donors (Lipinski definition) is 2. The molecule has 0 aliphatic carbocycles. The van der Waals surface area contributed by atoms with E-state index in [1.54, 1.807) is 12.1 Å². The van der Waals surface area contributed by atoms with Crippen LogP contribution >= 0.6 is 11.6 Å². The summed E-state index contributed by atoms with van der Waals surface area (Å²) in [4.78, 5) is 26.2. The molecule has 1 aromatic heterocycles. The maximum Gasteiger partial charge on any atom is 0.254 e. The van der Waals surface area contributed by atoms with E-state index in [0.29, 0.717) is 41.7 Å². The number of para-hydroxylation sites is 1. The maximum absolute atomic E-state index is 14.8. The van der Waals surface area contributed by atoms with E-state index in [1.807, 2.05) is 64.5 Å². The van der Waals surface area contributed by atoms with Gasteiger partial charge in [0.2, 0.25) is 5.95 Å². The summed E-state index contributed by atoms with van der Waals surface area (Å²) in [7, 11) is 0. The smallest absolute Gasteiger partial charge is 0.254 e. The Morgan fingerprint density at radius 1 is 1.08 bits per heavy atom. The standard InChI is InChI=1S/C30H28ClFN6O/c1-19-17-33-13-15-37(19)29(39)20-6-9-23(10-7-20)35-30-34-18-21-12-14-38(26-5-3-2-4-25(26)32)27-16-22(31)8-11-24(27)28(21)36-30/h2-11,16,18-19,33H,12-15,17H2,1H3,(H,34,35,36). The van der Waals surface area contributed by atoms with Crippen LogP contribution in [0.3, 0.4) is 0 Å². The summed E-state index contributed by atoms with van der Waals surface area (Å²) in [5, 5.41) is 7.14. The molecule has 198 valence electrons. The van der Waals surface area contributed by atoms with Gasteiger partial charge >= 0.3 is 0 Å². The third-order valence-electron chi connectivity index (χ3n) is 7.27. The first-order chi connectivity index (χ1) is 19.0. The van der Waals surface area contributed by atoms with E-state index in [4.69, 9.17) is 16.6 Å². The summed E-state index contributed by atoms with van der Waals surface area (Å²) in [6.45, 7) is 4.91. The van der Waals surface area contributed by atoms with Crippen molar-refractivity contribution in [3.8, 4) is 11.3 Å². The minimum absolute atomic E-state index is 0.0338. The number of hydrogen-bond acceptors (Lipinski definition) is 6. The largest absolute Gasteiger partial charge is 0.338 e. The van der Waals surface area contributed by atoms with Crippen molar-refractivity contribution in [3.05, 3.63) is 94.9 Å². The van der Waals surface area contributed by atoms with Gasteiger partial charge < -0.3 is 20.4 Å². The number of anilines is 4. The van der Waals surface area contributed by atoms with Crippen LogP contribution < -0.4 is 15.5 Å². The molecule has 1 atom stereocenters. The van der Waals surface area contributed by atoms with Crippen LogP contribution in [0.4, 0.5) is 27.4 Å². The fourth-order valence-electron chi connectivity index (χ4n) is 5.22. The number of amides is 1. The van der Waals surface area contributed by atoms with Crippen LogP contribution in [-0.4, -0.2) is 53.0 Å². The number of carbonyl (C=O) groups excluding carboxylic acids is 1. The molecule has 9 heteroatoms. The van der Waals surface area contributed by atoms with Crippen LogP contribution in [0.2, 0.25) is 5.02 Å². The molecule has 6 rings (SSSR count). The molecule has 0 spiro atoms. The van der Waals surface area contributed by atoms with Crippen molar-refractivity contribution in [3.63, 3.8) is 0 Å². The quantitative estimate of drug-likeness (QED) is 0.339. The number of carbonyl (C=O) groups is 1. The van der Waals surface area contributed by atoms with E-state index < -0.39 is 0 Å². The fourth-order valence-corrected chi connectivity index (χ4v) is 5.39. The second-order valence-corrected chi connectivity index (χ2v) is 10.3. The molecule has 1 fully saturated rings. The van der Waals surface area contributed by atoms with Gasteiger partial charge in [-0.25, -0.2) is 14.4 Å². The van der Waals surface area contributed by atoms with Crippen molar-refractivity contribution < 1.29 is 9.18 Å². The average Bonchev–Trinajstić information content (AvgIpc) is 3.10. The van der Waals surface area contributed by atoms with Gasteiger partial charge in [-0.05, 0) is 73.5 Å². The van der Waals surface area contributed by atoms with Gasteiger partial charge in [0.05, 0.1) is 17.1 Å². The Bertz CT molecular complexity index is 1530. The summed E-state index contributed by atoms with van der Waals surface area (Å²) in [6.07, 6.45) is 2.45. The first-order valence-electron chi connectivity index (χ1n) is 13.0. The zero-order chi connectivity index (χ0) is 26.9. The van der Waals surface area contributed by atoms with E-state index in [2.05, 4.69) is 22.5 Å². The number of rotatable bonds is 4. The lowest BCUT2D eigenvalue weighted by atomic mass is 10.0. The van der Waals surface area contributed by atoms with Crippen molar-refractivity contribution in [2.24, 2.45) is 0 Å². The molecular weight excluding hydrogens is 515 g/mol. The number of nitrogens with zero attached hydrogens (tertiary/aromatic N) is 4. The highest BCUT2D eigenvalue weighted by Gasteiger charge is 2.26. The van der Waals surface area contributed by atoms with Crippen molar-refractivity contribution in [2.75, 3.05) is 36.4 Å². The number of nitrogens with one attached hydrogen (secondary N) is 2. The third kappa shape index (κ3) is 5.05. The van der Waals surface area contributed by atoms with Crippen molar-refractivity contribution in [1.82, 2.24) is 20.2 Å². The number of aromatic nitrogens is 2. The Morgan fingerprint density at radius 2 is 1.90 bits per heavy atom. The predicted molar refractivity (Wildman–Crippen MR) is 153 cm³/mol. The lowest BCUT2D eigenvalue weighted by Gasteiger charge is -2.34. The molecule has 3 aromatic carbocycles. The normalized spacial score (nSPS) is 16.7. The lowest BCUT2D eigenvalue weighted by molar-refractivity contribution is 0.0656. The van der Waals surface area contributed by atoms with E-state index in [-0.39, 0.29) is 17.8 Å². The second-order valence-electron chi connectivity index (χ2n) is 9.84. The Labute approximate surface area is 231 Å². The summed E-state index contributed by atoms with van der Waals surface area (Å²) in [5.74, 6) is 0.173. The molecule has 1 amide bonds. The van der Waals surface area contributed by atoms with E-state index in [0.717, 1.165) is 41.3 Å². The van der Waals surface area contributed by atoms with Crippen molar-refractivity contribution >= 4 is 40.5 Å².